The van der Waals surface area contributed by atoms with Gasteiger partial charge in [-0.05, 0) is 62.1 Å². The first-order valence-corrected chi connectivity index (χ1v) is 8.30. The number of aryl methyl sites for hydroxylation is 4. The van der Waals surface area contributed by atoms with E-state index in [2.05, 4.69) is 6.07 Å². The third-order valence-electron chi connectivity index (χ3n) is 4.12. The lowest BCUT2D eigenvalue weighted by atomic mass is 10.1. The summed E-state index contributed by atoms with van der Waals surface area (Å²) in [6.45, 7) is 6.83. The number of hydrogen-bond acceptors (Lipinski definition) is 4. The largest absolute Gasteiger partial charge is 0.494 e. The van der Waals surface area contributed by atoms with Crippen molar-refractivity contribution in [2.45, 2.75) is 33.7 Å². The van der Waals surface area contributed by atoms with Crippen LogP contribution in [0.2, 0.25) is 0 Å². The second-order valence-electron chi connectivity index (χ2n) is 6.30. The number of benzene rings is 2. The van der Waals surface area contributed by atoms with Crippen LogP contribution < -0.4 is 16.1 Å². The molecule has 0 atom stereocenters. The van der Waals surface area contributed by atoms with Crippen molar-refractivity contribution in [2.75, 3.05) is 6.61 Å². The predicted octanol–water partition coefficient (Wildman–Crippen LogP) is 3.35. The standard InChI is InChI=1S/C20H21NO4/c1-13-10-14(2)12-16(11-13)24-9-5-8-21-18-15(3)6-4-7-17(18)19(22)25-20(21)23/h4,6-7,10-12H,5,8-9H2,1-3H3. The van der Waals surface area contributed by atoms with E-state index in [4.69, 9.17) is 9.15 Å². The second-order valence-corrected chi connectivity index (χ2v) is 6.30. The summed E-state index contributed by atoms with van der Waals surface area (Å²) in [5.41, 5.74) is 3.22. The average Bonchev–Trinajstić information content (AvgIpc) is 2.53. The highest BCUT2D eigenvalue weighted by Gasteiger charge is 2.11. The summed E-state index contributed by atoms with van der Waals surface area (Å²) >= 11 is 0. The number of ether oxygens (including phenoxy) is 1. The zero-order valence-corrected chi connectivity index (χ0v) is 14.7. The molecule has 1 heterocycles. The van der Waals surface area contributed by atoms with Crippen molar-refractivity contribution in [3.63, 3.8) is 0 Å². The normalized spacial score (nSPS) is 11.0. The van der Waals surface area contributed by atoms with E-state index in [9.17, 15) is 9.59 Å². The smallest absolute Gasteiger partial charge is 0.422 e. The molecule has 0 aliphatic heterocycles. The molecule has 0 amide bonds. The molecule has 0 aliphatic carbocycles. The molecule has 0 fully saturated rings. The second kappa shape index (κ2) is 6.97. The fraction of sp³-hybridized carbons (Fsp3) is 0.300. The zero-order valence-electron chi connectivity index (χ0n) is 14.7. The van der Waals surface area contributed by atoms with Gasteiger partial charge in [-0.1, -0.05) is 18.2 Å². The Bertz CT molecular complexity index is 1010. The maximum atomic E-state index is 12.1. The van der Waals surface area contributed by atoms with Gasteiger partial charge in [-0.25, -0.2) is 9.59 Å². The third-order valence-corrected chi connectivity index (χ3v) is 4.12. The fourth-order valence-electron chi connectivity index (χ4n) is 3.09. The maximum absolute atomic E-state index is 12.1. The summed E-state index contributed by atoms with van der Waals surface area (Å²) in [4.78, 5) is 24.0. The molecule has 0 spiro atoms. The molecule has 5 heteroatoms. The molecule has 0 saturated carbocycles. The SMILES string of the molecule is Cc1cc(C)cc(OCCCn2c(=O)oc(=O)c3cccc(C)c32)c1. The van der Waals surface area contributed by atoms with Gasteiger partial charge >= 0.3 is 11.4 Å². The van der Waals surface area contributed by atoms with E-state index in [-0.39, 0.29) is 0 Å². The van der Waals surface area contributed by atoms with Crippen molar-refractivity contribution in [3.8, 4) is 5.75 Å². The average molecular weight is 339 g/mol. The lowest BCUT2D eigenvalue weighted by Crippen LogP contribution is -2.26. The molecule has 0 radical (unpaired) electrons. The number of aromatic nitrogens is 1. The van der Waals surface area contributed by atoms with E-state index in [0.717, 1.165) is 22.4 Å². The molecular formula is C20H21NO4. The summed E-state index contributed by atoms with van der Waals surface area (Å²) in [5, 5.41) is 0.426. The van der Waals surface area contributed by atoms with Crippen LogP contribution in [-0.4, -0.2) is 11.2 Å². The van der Waals surface area contributed by atoms with Gasteiger partial charge in [0.1, 0.15) is 5.75 Å². The molecule has 0 N–H and O–H groups in total. The minimum Gasteiger partial charge on any atom is -0.494 e. The quantitative estimate of drug-likeness (QED) is 0.669. The van der Waals surface area contributed by atoms with E-state index in [0.29, 0.717) is 30.5 Å². The van der Waals surface area contributed by atoms with E-state index in [1.54, 1.807) is 12.1 Å². The summed E-state index contributed by atoms with van der Waals surface area (Å²) in [7, 11) is 0. The van der Waals surface area contributed by atoms with Crippen LogP contribution in [0.4, 0.5) is 0 Å². The molecule has 0 aliphatic rings. The summed E-state index contributed by atoms with van der Waals surface area (Å²) in [5.74, 6) is 0.198. The van der Waals surface area contributed by atoms with Crippen LogP contribution in [0, 0.1) is 20.8 Å². The Labute approximate surface area is 145 Å². The van der Waals surface area contributed by atoms with Crippen LogP contribution in [0.1, 0.15) is 23.1 Å². The number of nitrogens with zero attached hydrogens (tertiary/aromatic N) is 1. The number of hydrogen-bond donors (Lipinski definition) is 0. The van der Waals surface area contributed by atoms with Crippen molar-refractivity contribution < 1.29 is 9.15 Å². The molecule has 130 valence electrons. The molecule has 2 aromatic carbocycles. The number of para-hydroxylation sites is 1. The fourth-order valence-corrected chi connectivity index (χ4v) is 3.09. The van der Waals surface area contributed by atoms with Crippen molar-refractivity contribution in [1.82, 2.24) is 4.57 Å². The monoisotopic (exact) mass is 339 g/mol. The first kappa shape index (κ1) is 17.0. The Kier molecular flexibility index (Phi) is 4.74. The lowest BCUT2D eigenvalue weighted by molar-refractivity contribution is 0.296. The van der Waals surface area contributed by atoms with Crippen LogP contribution >= 0.6 is 0 Å². The topological polar surface area (TPSA) is 61.4 Å². The van der Waals surface area contributed by atoms with E-state index >= 15 is 0 Å². The first-order chi connectivity index (χ1) is 12.0. The Balaban J connectivity index is 1.78. The van der Waals surface area contributed by atoms with Gasteiger partial charge in [-0.3, -0.25) is 4.57 Å². The molecule has 0 unspecified atom stereocenters. The maximum Gasteiger partial charge on any atom is 0.422 e. The van der Waals surface area contributed by atoms with Crippen LogP contribution in [0.3, 0.4) is 0 Å². The van der Waals surface area contributed by atoms with Crippen molar-refractivity contribution in [1.29, 1.82) is 0 Å². The molecule has 25 heavy (non-hydrogen) atoms. The minimum absolute atomic E-state index is 0.425. The van der Waals surface area contributed by atoms with Gasteiger partial charge in [0.25, 0.3) is 0 Å². The summed E-state index contributed by atoms with van der Waals surface area (Å²) in [6, 6.07) is 11.4. The molecule has 0 saturated heterocycles. The van der Waals surface area contributed by atoms with Crippen LogP contribution in [0.25, 0.3) is 10.9 Å². The van der Waals surface area contributed by atoms with E-state index in [1.807, 2.05) is 39.0 Å². The van der Waals surface area contributed by atoms with Crippen LogP contribution in [0.5, 0.6) is 5.75 Å². The highest BCUT2D eigenvalue weighted by Crippen LogP contribution is 2.17. The van der Waals surface area contributed by atoms with E-state index in [1.165, 1.54) is 4.57 Å². The molecule has 1 aromatic heterocycles. The van der Waals surface area contributed by atoms with Gasteiger partial charge < -0.3 is 9.15 Å². The Morgan fingerprint density at radius 3 is 2.48 bits per heavy atom. The lowest BCUT2D eigenvalue weighted by Gasteiger charge is -2.12. The molecule has 0 bridgehead atoms. The highest BCUT2D eigenvalue weighted by atomic mass is 16.5. The highest BCUT2D eigenvalue weighted by molar-refractivity contribution is 5.80. The Hall–Kier alpha value is -2.82. The number of rotatable bonds is 5. The van der Waals surface area contributed by atoms with Crippen molar-refractivity contribution in [2.24, 2.45) is 0 Å². The van der Waals surface area contributed by atoms with Gasteiger partial charge in [0, 0.05) is 6.54 Å². The van der Waals surface area contributed by atoms with Gasteiger partial charge in [-0.15, -0.1) is 0 Å². The van der Waals surface area contributed by atoms with Crippen molar-refractivity contribution >= 4 is 10.9 Å². The van der Waals surface area contributed by atoms with Gasteiger partial charge in [0.15, 0.2) is 0 Å². The molecule has 5 nitrogen and oxygen atoms in total. The summed E-state index contributed by atoms with van der Waals surface area (Å²) < 4.78 is 12.1. The zero-order chi connectivity index (χ0) is 18.0. The Morgan fingerprint density at radius 2 is 1.76 bits per heavy atom. The number of fused-ring (bicyclic) bond motifs is 1. The third kappa shape index (κ3) is 3.65. The van der Waals surface area contributed by atoms with Gasteiger partial charge in [-0.2, -0.15) is 0 Å². The molecule has 3 rings (SSSR count). The van der Waals surface area contributed by atoms with E-state index < -0.39 is 11.4 Å². The minimum atomic E-state index is -0.627. The predicted molar refractivity (Wildman–Crippen MR) is 97.5 cm³/mol. The van der Waals surface area contributed by atoms with Gasteiger partial charge in [0.05, 0.1) is 17.5 Å². The Morgan fingerprint density at radius 1 is 1.04 bits per heavy atom. The van der Waals surface area contributed by atoms with Crippen LogP contribution in [0.15, 0.2) is 50.4 Å². The molecular weight excluding hydrogens is 318 g/mol. The van der Waals surface area contributed by atoms with Gasteiger partial charge in [0.2, 0.25) is 0 Å². The molecule has 3 aromatic rings. The van der Waals surface area contributed by atoms with Crippen molar-refractivity contribution in [3.05, 3.63) is 74.1 Å². The first-order valence-electron chi connectivity index (χ1n) is 8.30. The summed E-state index contributed by atoms with van der Waals surface area (Å²) in [6.07, 6.45) is 0.629. The van der Waals surface area contributed by atoms with Crippen LogP contribution in [-0.2, 0) is 6.54 Å².